The van der Waals surface area contributed by atoms with Crippen molar-refractivity contribution in [3.8, 4) is 5.69 Å². The summed E-state index contributed by atoms with van der Waals surface area (Å²) in [6, 6.07) is 14.7. The minimum absolute atomic E-state index is 0.134. The zero-order valence-electron chi connectivity index (χ0n) is 11.4. The Balaban J connectivity index is 1.81. The summed E-state index contributed by atoms with van der Waals surface area (Å²) < 4.78 is 1.58. The molecule has 1 N–H and O–H groups in total. The van der Waals surface area contributed by atoms with Crippen LogP contribution < -0.4 is 5.32 Å². The molecule has 104 valence electrons. The molecule has 0 bridgehead atoms. The van der Waals surface area contributed by atoms with E-state index in [1.807, 2.05) is 43.3 Å². The average molecular weight is 279 g/mol. The van der Waals surface area contributed by atoms with Gasteiger partial charge in [0.05, 0.1) is 5.69 Å². The van der Waals surface area contributed by atoms with Crippen molar-refractivity contribution in [1.29, 1.82) is 0 Å². The fourth-order valence-corrected chi connectivity index (χ4v) is 2.05. The van der Waals surface area contributed by atoms with Gasteiger partial charge in [0.2, 0.25) is 0 Å². The van der Waals surface area contributed by atoms with E-state index in [1.165, 1.54) is 6.33 Å². The molecule has 3 aromatic rings. The summed E-state index contributed by atoms with van der Waals surface area (Å²) in [6.45, 7) is 1.94. The lowest BCUT2D eigenvalue weighted by atomic mass is 10.1. The summed E-state index contributed by atoms with van der Waals surface area (Å²) >= 11 is 0. The van der Waals surface area contributed by atoms with Gasteiger partial charge in [0.1, 0.15) is 6.33 Å². The van der Waals surface area contributed by atoms with Gasteiger partial charge in [0.15, 0.2) is 0 Å². The highest BCUT2D eigenvalue weighted by Gasteiger charge is 2.07. The van der Waals surface area contributed by atoms with E-state index in [-0.39, 0.29) is 5.91 Å². The Hall–Kier alpha value is -3.02. The lowest BCUT2D eigenvalue weighted by Crippen LogP contribution is -2.12. The van der Waals surface area contributed by atoms with E-state index in [9.17, 15) is 4.79 Å². The second-order valence-electron chi connectivity index (χ2n) is 4.58. The molecule has 3 rings (SSSR count). The maximum atomic E-state index is 12.1. The van der Waals surface area contributed by atoms with Crippen LogP contribution in [0.2, 0.25) is 0 Å². The normalized spacial score (nSPS) is 10.3. The molecule has 0 aliphatic rings. The number of hydrogen-bond acceptors (Lipinski definition) is 4. The van der Waals surface area contributed by atoms with Crippen molar-refractivity contribution >= 4 is 11.6 Å². The van der Waals surface area contributed by atoms with Crippen LogP contribution in [0.1, 0.15) is 15.9 Å². The van der Waals surface area contributed by atoms with E-state index in [2.05, 4.69) is 20.8 Å². The summed E-state index contributed by atoms with van der Waals surface area (Å²) in [5.74, 6) is -0.134. The Morgan fingerprint density at radius 3 is 2.62 bits per heavy atom. The van der Waals surface area contributed by atoms with Gasteiger partial charge in [-0.05, 0) is 53.2 Å². The second kappa shape index (κ2) is 5.54. The van der Waals surface area contributed by atoms with Gasteiger partial charge < -0.3 is 5.32 Å². The SMILES string of the molecule is Cc1cc(NC(=O)c2ccccc2)ccc1-n1cnnn1. The van der Waals surface area contributed by atoms with Crippen molar-refractivity contribution in [2.24, 2.45) is 0 Å². The van der Waals surface area contributed by atoms with Crippen molar-refractivity contribution < 1.29 is 4.79 Å². The highest BCUT2D eigenvalue weighted by atomic mass is 16.1. The van der Waals surface area contributed by atoms with Gasteiger partial charge in [-0.25, -0.2) is 4.68 Å². The predicted octanol–water partition coefficient (Wildman–Crippen LogP) is 2.22. The number of anilines is 1. The van der Waals surface area contributed by atoms with Gasteiger partial charge in [0.25, 0.3) is 5.91 Å². The third kappa shape index (κ3) is 2.79. The molecule has 6 nitrogen and oxygen atoms in total. The molecule has 1 aromatic heterocycles. The summed E-state index contributed by atoms with van der Waals surface area (Å²) in [5.41, 5.74) is 3.20. The molecule has 0 saturated carbocycles. The van der Waals surface area contributed by atoms with Crippen LogP contribution in [0.4, 0.5) is 5.69 Å². The van der Waals surface area contributed by atoms with Crippen LogP contribution in [0.25, 0.3) is 5.69 Å². The van der Waals surface area contributed by atoms with Crippen molar-refractivity contribution in [3.63, 3.8) is 0 Å². The Labute approximate surface area is 121 Å². The Bertz CT molecular complexity index is 753. The first kappa shape index (κ1) is 13.0. The van der Waals surface area contributed by atoms with Crippen LogP contribution in [0.15, 0.2) is 54.9 Å². The average Bonchev–Trinajstić information content (AvgIpc) is 3.02. The fourth-order valence-electron chi connectivity index (χ4n) is 2.05. The van der Waals surface area contributed by atoms with Crippen molar-refractivity contribution in [3.05, 3.63) is 66.0 Å². The number of nitrogens with one attached hydrogen (secondary N) is 1. The highest BCUT2D eigenvalue weighted by Crippen LogP contribution is 2.18. The Morgan fingerprint density at radius 2 is 1.95 bits per heavy atom. The van der Waals surface area contributed by atoms with Gasteiger partial charge in [-0.15, -0.1) is 5.10 Å². The third-order valence-electron chi connectivity index (χ3n) is 3.09. The minimum Gasteiger partial charge on any atom is -0.322 e. The molecule has 0 spiro atoms. The molecule has 21 heavy (non-hydrogen) atoms. The number of aryl methyl sites for hydroxylation is 1. The van der Waals surface area contributed by atoms with Crippen LogP contribution in [0, 0.1) is 6.92 Å². The molecular formula is C15H13N5O. The zero-order valence-corrected chi connectivity index (χ0v) is 11.4. The fraction of sp³-hybridized carbons (Fsp3) is 0.0667. The van der Waals surface area contributed by atoms with Gasteiger partial charge in [-0.2, -0.15) is 0 Å². The first-order chi connectivity index (χ1) is 10.2. The second-order valence-corrected chi connectivity index (χ2v) is 4.58. The molecule has 0 aliphatic carbocycles. The van der Waals surface area contributed by atoms with Crippen LogP contribution in [0.5, 0.6) is 0 Å². The van der Waals surface area contributed by atoms with E-state index in [0.717, 1.165) is 16.9 Å². The number of hydrogen-bond donors (Lipinski definition) is 1. The van der Waals surface area contributed by atoms with E-state index < -0.39 is 0 Å². The maximum Gasteiger partial charge on any atom is 0.255 e. The Kier molecular flexibility index (Phi) is 3.42. The van der Waals surface area contributed by atoms with Gasteiger partial charge in [0, 0.05) is 11.3 Å². The molecule has 0 saturated heterocycles. The van der Waals surface area contributed by atoms with Gasteiger partial charge in [-0.1, -0.05) is 18.2 Å². The van der Waals surface area contributed by atoms with Gasteiger partial charge >= 0.3 is 0 Å². The van der Waals surface area contributed by atoms with Crippen LogP contribution >= 0.6 is 0 Å². The number of benzene rings is 2. The summed E-state index contributed by atoms with van der Waals surface area (Å²) in [5, 5.41) is 14.0. The number of rotatable bonds is 3. The lowest BCUT2D eigenvalue weighted by molar-refractivity contribution is 0.102. The van der Waals surface area contributed by atoms with Crippen LogP contribution in [-0.2, 0) is 0 Å². The number of aromatic nitrogens is 4. The topological polar surface area (TPSA) is 72.7 Å². The molecular weight excluding hydrogens is 266 g/mol. The standard InChI is InChI=1S/C15H13N5O/c1-11-9-13(7-8-14(11)20-10-16-18-19-20)17-15(21)12-5-3-2-4-6-12/h2-10H,1H3,(H,17,21). The molecule has 1 amide bonds. The molecule has 2 aromatic carbocycles. The van der Waals surface area contributed by atoms with E-state index >= 15 is 0 Å². The molecule has 0 fully saturated rings. The van der Waals surface area contributed by atoms with E-state index in [1.54, 1.807) is 16.8 Å². The first-order valence-corrected chi connectivity index (χ1v) is 6.44. The number of carbonyl (C=O) groups excluding carboxylic acids is 1. The molecule has 1 heterocycles. The largest absolute Gasteiger partial charge is 0.322 e. The van der Waals surface area contributed by atoms with E-state index in [4.69, 9.17) is 0 Å². The maximum absolute atomic E-state index is 12.1. The third-order valence-corrected chi connectivity index (χ3v) is 3.09. The molecule has 0 atom stereocenters. The lowest BCUT2D eigenvalue weighted by Gasteiger charge is -2.09. The molecule has 0 aliphatic heterocycles. The summed E-state index contributed by atoms with van der Waals surface area (Å²) in [4.78, 5) is 12.1. The zero-order chi connectivity index (χ0) is 14.7. The molecule has 6 heteroatoms. The predicted molar refractivity (Wildman–Crippen MR) is 78.3 cm³/mol. The number of tetrazole rings is 1. The summed E-state index contributed by atoms with van der Waals surface area (Å²) in [7, 11) is 0. The van der Waals surface area contributed by atoms with Crippen LogP contribution in [-0.4, -0.2) is 26.1 Å². The summed E-state index contributed by atoms with van der Waals surface area (Å²) in [6.07, 6.45) is 1.53. The van der Waals surface area contributed by atoms with Crippen LogP contribution in [0.3, 0.4) is 0 Å². The van der Waals surface area contributed by atoms with Gasteiger partial charge in [-0.3, -0.25) is 4.79 Å². The number of carbonyl (C=O) groups is 1. The monoisotopic (exact) mass is 279 g/mol. The quantitative estimate of drug-likeness (QED) is 0.798. The number of amides is 1. The number of nitrogens with zero attached hydrogens (tertiary/aromatic N) is 4. The first-order valence-electron chi connectivity index (χ1n) is 6.44. The Morgan fingerprint density at radius 1 is 1.14 bits per heavy atom. The van der Waals surface area contributed by atoms with Crippen molar-refractivity contribution in [2.75, 3.05) is 5.32 Å². The van der Waals surface area contributed by atoms with Crippen molar-refractivity contribution in [1.82, 2.24) is 20.2 Å². The minimum atomic E-state index is -0.134. The van der Waals surface area contributed by atoms with E-state index in [0.29, 0.717) is 5.56 Å². The molecule has 0 unspecified atom stereocenters. The highest BCUT2D eigenvalue weighted by molar-refractivity contribution is 6.04. The molecule has 0 radical (unpaired) electrons. The smallest absolute Gasteiger partial charge is 0.255 e. The van der Waals surface area contributed by atoms with Crippen molar-refractivity contribution in [2.45, 2.75) is 6.92 Å².